The van der Waals surface area contributed by atoms with Gasteiger partial charge in [0.2, 0.25) is 10.0 Å². The molecular weight excluding hydrogens is 388 g/mol. The Morgan fingerprint density at radius 2 is 1.89 bits per heavy atom. The summed E-state index contributed by atoms with van der Waals surface area (Å²) in [5.41, 5.74) is 6.54. The molecule has 1 fully saturated rings. The Labute approximate surface area is 167 Å². The number of halogens is 1. The fourth-order valence-corrected chi connectivity index (χ4v) is 4.48. The molecule has 0 atom stereocenters. The van der Waals surface area contributed by atoms with E-state index in [9.17, 15) is 8.42 Å². The number of sulfonamides is 1. The van der Waals surface area contributed by atoms with Crippen LogP contribution < -0.4 is 5.73 Å². The van der Waals surface area contributed by atoms with Crippen molar-refractivity contribution in [3.05, 3.63) is 48.3 Å². The second kappa shape index (κ2) is 10.2. The number of ether oxygens (including phenoxy) is 1. The first-order chi connectivity index (χ1) is 12.6. The first kappa shape index (κ1) is 21.8. The van der Waals surface area contributed by atoms with Crippen molar-refractivity contribution in [1.29, 1.82) is 0 Å². The van der Waals surface area contributed by atoms with Crippen LogP contribution in [0.4, 0.5) is 0 Å². The predicted octanol–water partition coefficient (Wildman–Crippen LogP) is 1.87. The van der Waals surface area contributed by atoms with Gasteiger partial charge in [-0.1, -0.05) is 30.3 Å². The summed E-state index contributed by atoms with van der Waals surface area (Å²) in [7, 11) is -3.51. The quantitative estimate of drug-likeness (QED) is 0.666. The lowest BCUT2D eigenvalue weighted by Gasteiger charge is -2.30. The van der Waals surface area contributed by atoms with Crippen molar-refractivity contribution in [3.8, 4) is 0 Å². The average molecular weight is 415 g/mol. The predicted molar refractivity (Wildman–Crippen MR) is 106 cm³/mol. The molecule has 1 aliphatic rings. The Morgan fingerprint density at radius 3 is 2.56 bits per heavy atom. The molecule has 0 amide bonds. The Hall–Kier alpha value is -1.45. The van der Waals surface area contributed by atoms with Gasteiger partial charge in [0.05, 0.1) is 18.8 Å². The minimum absolute atomic E-state index is 0. The molecule has 2 aromatic rings. The zero-order valence-corrected chi connectivity index (χ0v) is 16.9. The highest BCUT2D eigenvalue weighted by atomic mass is 35.5. The van der Waals surface area contributed by atoms with E-state index >= 15 is 0 Å². The standard InChI is InChI=1S/C18H26N4O3S.ClH/c19-9-4-12-25-17-7-10-22(11-8-17)26(23,24)18-13-20-21(15-18)14-16-5-2-1-3-6-16;/h1-3,5-6,13,15,17H,4,7-12,14,19H2;1H. The lowest BCUT2D eigenvalue weighted by atomic mass is 10.1. The summed E-state index contributed by atoms with van der Waals surface area (Å²) in [6.45, 7) is 2.74. The maximum atomic E-state index is 12.8. The summed E-state index contributed by atoms with van der Waals surface area (Å²) < 4.78 is 34.6. The van der Waals surface area contributed by atoms with Crippen LogP contribution >= 0.6 is 12.4 Å². The van der Waals surface area contributed by atoms with E-state index in [1.807, 2.05) is 30.3 Å². The van der Waals surface area contributed by atoms with E-state index in [-0.39, 0.29) is 23.4 Å². The summed E-state index contributed by atoms with van der Waals surface area (Å²) in [4.78, 5) is 0.246. The van der Waals surface area contributed by atoms with Crippen LogP contribution in [0.15, 0.2) is 47.6 Å². The molecule has 1 saturated heterocycles. The summed E-state index contributed by atoms with van der Waals surface area (Å²) in [5.74, 6) is 0. The van der Waals surface area contributed by atoms with Crippen molar-refractivity contribution in [2.45, 2.75) is 36.8 Å². The van der Waals surface area contributed by atoms with E-state index in [1.54, 1.807) is 10.9 Å². The van der Waals surface area contributed by atoms with Crippen LogP contribution in [0.5, 0.6) is 0 Å². The normalized spacial score (nSPS) is 16.2. The molecule has 150 valence electrons. The van der Waals surface area contributed by atoms with Gasteiger partial charge >= 0.3 is 0 Å². The summed E-state index contributed by atoms with van der Waals surface area (Å²) in [6.07, 6.45) is 5.41. The molecule has 7 nitrogen and oxygen atoms in total. The number of hydrogen-bond acceptors (Lipinski definition) is 5. The van der Waals surface area contributed by atoms with Crippen molar-refractivity contribution in [2.75, 3.05) is 26.2 Å². The number of aromatic nitrogens is 2. The highest BCUT2D eigenvalue weighted by Gasteiger charge is 2.30. The fraction of sp³-hybridized carbons (Fsp3) is 0.500. The molecule has 9 heteroatoms. The minimum atomic E-state index is -3.51. The Bertz CT molecular complexity index is 790. The maximum Gasteiger partial charge on any atom is 0.246 e. The number of rotatable bonds is 8. The molecule has 1 aliphatic heterocycles. The van der Waals surface area contributed by atoms with Gasteiger partial charge in [-0.05, 0) is 31.4 Å². The lowest BCUT2D eigenvalue weighted by molar-refractivity contribution is 0.0209. The van der Waals surface area contributed by atoms with Gasteiger partial charge in [-0.3, -0.25) is 4.68 Å². The van der Waals surface area contributed by atoms with Crippen molar-refractivity contribution < 1.29 is 13.2 Å². The van der Waals surface area contributed by atoms with Crippen molar-refractivity contribution in [2.24, 2.45) is 5.73 Å². The molecule has 0 spiro atoms. The van der Waals surface area contributed by atoms with Gasteiger partial charge in [-0.25, -0.2) is 8.42 Å². The van der Waals surface area contributed by atoms with Gasteiger partial charge < -0.3 is 10.5 Å². The minimum Gasteiger partial charge on any atom is -0.378 e. The summed E-state index contributed by atoms with van der Waals surface area (Å²) in [6, 6.07) is 9.84. The number of benzene rings is 1. The molecule has 2 N–H and O–H groups in total. The van der Waals surface area contributed by atoms with Crippen LogP contribution in [-0.2, 0) is 21.3 Å². The van der Waals surface area contributed by atoms with E-state index in [4.69, 9.17) is 10.5 Å². The fourth-order valence-electron chi connectivity index (χ4n) is 3.06. The van der Waals surface area contributed by atoms with Crippen LogP contribution in [0.1, 0.15) is 24.8 Å². The van der Waals surface area contributed by atoms with Crippen molar-refractivity contribution in [3.63, 3.8) is 0 Å². The maximum absolute atomic E-state index is 12.8. The highest BCUT2D eigenvalue weighted by molar-refractivity contribution is 7.89. The zero-order valence-electron chi connectivity index (χ0n) is 15.2. The highest BCUT2D eigenvalue weighted by Crippen LogP contribution is 2.22. The molecule has 0 aliphatic carbocycles. The van der Waals surface area contributed by atoms with E-state index < -0.39 is 10.0 Å². The summed E-state index contributed by atoms with van der Waals surface area (Å²) in [5, 5.41) is 4.21. The smallest absolute Gasteiger partial charge is 0.246 e. The zero-order chi connectivity index (χ0) is 18.4. The Morgan fingerprint density at radius 1 is 1.19 bits per heavy atom. The van der Waals surface area contributed by atoms with Gasteiger partial charge in [-0.2, -0.15) is 9.40 Å². The van der Waals surface area contributed by atoms with Gasteiger partial charge in [0.15, 0.2) is 0 Å². The van der Waals surface area contributed by atoms with E-state index in [2.05, 4.69) is 5.10 Å². The first-order valence-electron chi connectivity index (χ1n) is 8.98. The third-order valence-electron chi connectivity index (χ3n) is 4.54. The molecule has 0 saturated carbocycles. The lowest BCUT2D eigenvalue weighted by Crippen LogP contribution is -2.40. The molecule has 3 rings (SSSR count). The van der Waals surface area contributed by atoms with Gasteiger partial charge in [-0.15, -0.1) is 12.4 Å². The largest absolute Gasteiger partial charge is 0.378 e. The summed E-state index contributed by atoms with van der Waals surface area (Å²) >= 11 is 0. The molecule has 1 aromatic carbocycles. The molecule has 27 heavy (non-hydrogen) atoms. The molecule has 0 radical (unpaired) electrons. The average Bonchev–Trinajstić information content (AvgIpc) is 3.13. The Balaban J connectivity index is 0.00000261. The van der Waals surface area contributed by atoms with Crippen LogP contribution in [0, 0.1) is 0 Å². The third kappa shape index (κ3) is 5.76. The van der Waals surface area contributed by atoms with Gasteiger partial charge in [0.25, 0.3) is 0 Å². The molecule has 2 heterocycles. The van der Waals surface area contributed by atoms with Crippen LogP contribution in [0.2, 0.25) is 0 Å². The topological polar surface area (TPSA) is 90.4 Å². The SMILES string of the molecule is Cl.NCCCOC1CCN(S(=O)(=O)c2cnn(Cc3ccccc3)c2)CC1. The number of hydrogen-bond donors (Lipinski definition) is 1. The number of nitrogens with two attached hydrogens (primary N) is 1. The van der Waals surface area contributed by atoms with Crippen LogP contribution in [0.3, 0.4) is 0 Å². The number of piperidine rings is 1. The van der Waals surface area contributed by atoms with Crippen molar-refractivity contribution >= 4 is 22.4 Å². The van der Waals surface area contributed by atoms with E-state index in [1.165, 1.54) is 10.5 Å². The van der Waals surface area contributed by atoms with E-state index in [0.29, 0.717) is 45.6 Å². The van der Waals surface area contributed by atoms with Crippen LogP contribution in [0.25, 0.3) is 0 Å². The molecule has 0 unspecified atom stereocenters. The van der Waals surface area contributed by atoms with Gasteiger partial charge in [0, 0.05) is 25.9 Å². The number of nitrogens with zero attached hydrogens (tertiary/aromatic N) is 3. The second-order valence-corrected chi connectivity index (χ2v) is 8.41. The molecular formula is C18H27ClN4O3S. The van der Waals surface area contributed by atoms with E-state index in [0.717, 1.165) is 12.0 Å². The van der Waals surface area contributed by atoms with Crippen LogP contribution in [-0.4, -0.2) is 54.8 Å². The first-order valence-corrected chi connectivity index (χ1v) is 10.4. The van der Waals surface area contributed by atoms with Crippen molar-refractivity contribution in [1.82, 2.24) is 14.1 Å². The molecule has 0 bridgehead atoms. The van der Waals surface area contributed by atoms with Gasteiger partial charge in [0.1, 0.15) is 4.90 Å². The molecule has 1 aromatic heterocycles. The monoisotopic (exact) mass is 414 g/mol. The Kier molecular flexibility index (Phi) is 8.25. The second-order valence-electron chi connectivity index (χ2n) is 6.48. The third-order valence-corrected chi connectivity index (χ3v) is 6.39.